The molecule has 2 aromatic rings. The van der Waals surface area contributed by atoms with Gasteiger partial charge in [-0.2, -0.15) is 11.8 Å². The zero-order valence-electron chi connectivity index (χ0n) is 13.0. The molecular formula is C18H20ClNO2S. The molecule has 122 valence electrons. The molecule has 0 heterocycles. The minimum absolute atomic E-state index is 0.0963. The number of para-hydroxylation sites is 1. The topological polar surface area (TPSA) is 38.3 Å². The van der Waals surface area contributed by atoms with Crippen LogP contribution in [0.15, 0.2) is 54.6 Å². The van der Waals surface area contributed by atoms with Gasteiger partial charge in [0.05, 0.1) is 0 Å². The number of halogens is 1. The Labute approximate surface area is 146 Å². The van der Waals surface area contributed by atoms with Crippen LogP contribution in [0.1, 0.15) is 12.5 Å². The number of nitrogens with one attached hydrogen (secondary N) is 1. The van der Waals surface area contributed by atoms with Crippen molar-refractivity contribution in [1.29, 1.82) is 0 Å². The summed E-state index contributed by atoms with van der Waals surface area (Å²) in [6.07, 6.45) is -0.501. The first kappa shape index (κ1) is 17.7. The molecule has 0 aliphatic rings. The summed E-state index contributed by atoms with van der Waals surface area (Å²) in [7, 11) is 0. The van der Waals surface area contributed by atoms with E-state index in [-0.39, 0.29) is 5.91 Å². The van der Waals surface area contributed by atoms with E-state index in [1.54, 1.807) is 18.7 Å². The third-order valence-electron chi connectivity index (χ3n) is 3.15. The standard InChI is InChI=1S/C18H20ClNO2S/c1-14(22-17-5-3-2-4-6-17)18(21)20-11-12-23-13-15-7-9-16(19)10-8-15/h2-10,14H,11-13H2,1H3,(H,20,21). The zero-order valence-corrected chi connectivity index (χ0v) is 14.6. The molecule has 0 fully saturated rings. The maximum atomic E-state index is 12.0. The fourth-order valence-corrected chi connectivity index (χ4v) is 2.86. The van der Waals surface area contributed by atoms with E-state index in [2.05, 4.69) is 5.32 Å². The van der Waals surface area contributed by atoms with Crippen molar-refractivity contribution in [1.82, 2.24) is 5.32 Å². The predicted molar refractivity (Wildman–Crippen MR) is 97.2 cm³/mol. The highest BCUT2D eigenvalue weighted by molar-refractivity contribution is 7.98. The number of rotatable bonds is 8. The monoisotopic (exact) mass is 349 g/mol. The molecule has 0 spiro atoms. The first-order valence-corrected chi connectivity index (χ1v) is 9.00. The molecule has 0 saturated carbocycles. The molecule has 1 unspecified atom stereocenters. The highest BCUT2D eigenvalue weighted by atomic mass is 35.5. The van der Waals surface area contributed by atoms with Gasteiger partial charge in [-0.3, -0.25) is 4.79 Å². The Morgan fingerprint density at radius 2 is 1.87 bits per heavy atom. The fraction of sp³-hybridized carbons (Fsp3) is 0.278. The normalized spacial score (nSPS) is 11.7. The van der Waals surface area contributed by atoms with E-state index in [1.165, 1.54) is 5.56 Å². The summed E-state index contributed by atoms with van der Waals surface area (Å²) in [6.45, 7) is 2.38. The second-order valence-corrected chi connectivity index (χ2v) is 6.58. The maximum absolute atomic E-state index is 12.0. The van der Waals surface area contributed by atoms with E-state index in [9.17, 15) is 4.79 Å². The number of ether oxygens (including phenoxy) is 1. The maximum Gasteiger partial charge on any atom is 0.260 e. The van der Waals surface area contributed by atoms with E-state index in [0.29, 0.717) is 12.3 Å². The van der Waals surface area contributed by atoms with Crippen LogP contribution < -0.4 is 10.1 Å². The second kappa shape index (κ2) is 9.48. The number of carbonyl (C=O) groups excluding carboxylic acids is 1. The third-order valence-corrected chi connectivity index (χ3v) is 4.44. The van der Waals surface area contributed by atoms with E-state index in [4.69, 9.17) is 16.3 Å². The molecular weight excluding hydrogens is 330 g/mol. The van der Waals surface area contributed by atoms with E-state index in [1.807, 2.05) is 54.6 Å². The molecule has 1 atom stereocenters. The van der Waals surface area contributed by atoms with Crippen LogP contribution in [-0.2, 0) is 10.5 Å². The number of carbonyl (C=O) groups is 1. The van der Waals surface area contributed by atoms with Crippen LogP contribution in [0.2, 0.25) is 5.02 Å². The molecule has 3 nitrogen and oxygen atoms in total. The number of amides is 1. The molecule has 0 aromatic heterocycles. The Morgan fingerprint density at radius 3 is 2.57 bits per heavy atom. The molecule has 23 heavy (non-hydrogen) atoms. The van der Waals surface area contributed by atoms with Gasteiger partial charge in [0.1, 0.15) is 5.75 Å². The number of hydrogen-bond donors (Lipinski definition) is 1. The lowest BCUT2D eigenvalue weighted by atomic mass is 10.2. The first-order chi connectivity index (χ1) is 11.1. The molecule has 2 aromatic carbocycles. The van der Waals surface area contributed by atoms with Gasteiger partial charge in [0, 0.05) is 23.1 Å². The number of hydrogen-bond acceptors (Lipinski definition) is 3. The lowest BCUT2D eigenvalue weighted by Gasteiger charge is -2.14. The van der Waals surface area contributed by atoms with Gasteiger partial charge in [0.2, 0.25) is 0 Å². The minimum Gasteiger partial charge on any atom is -0.481 e. The Hall–Kier alpha value is -1.65. The average Bonchev–Trinajstić information content (AvgIpc) is 2.57. The van der Waals surface area contributed by atoms with Crippen molar-refractivity contribution in [2.45, 2.75) is 18.8 Å². The highest BCUT2D eigenvalue weighted by Gasteiger charge is 2.13. The van der Waals surface area contributed by atoms with Crippen molar-refractivity contribution in [3.63, 3.8) is 0 Å². The van der Waals surface area contributed by atoms with Crippen LogP contribution in [0.3, 0.4) is 0 Å². The van der Waals surface area contributed by atoms with Gasteiger partial charge < -0.3 is 10.1 Å². The molecule has 0 bridgehead atoms. The summed E-state index contributed by atoms with van der Waals surface area (Å²) in [6, 6.07) is 17.2. The van der Waals surface area contributed by atoms with Gasteiger partial charge in [-0.05, 0) is 36.8 Å². The SMILES string of the molecule is CC(Oc1ccccc1)C(=O)NCCSCc1ccc(Cl)cc1. The Morgan fingerprint density at radius 1 is 1.17 bits per heavy atom. The fourth-order valence-electron chi connectivity index (χ4n) is 1.92. The molecule has 0 radical (unpaired) electrons. The summed E-state index contributed by atoms with van der Waals surface area (Å²) in [5.41, 5.74) is 1.23. The Kier molecular flexibility index (Phi) is 7.30. The van der Waals surface area contributed by atoms with Crippen molar-refractivity contribution in [3.8, 4) is 5.75 Å². The van der Waals surface area contributed by atoms with E-state index in [0.717, 1.165) is 16.5 Å². The summed E-state index contributed by atoms with van der Waals surface area (Å²) < 4.78 is 5.58. The lowest BCUT2D eigenvalue weighted by Crippen LogP contribution is -2.37. The van der Waals surface area contributed by atoms with Crippen molar-refractivity contribution in [2.24, 2.45) is 0 Å². The number of benzene rings is 2. The van der Waals surface area contributed by atoms with Gasteiger partial charge in [-0.15, -0.1) is 0 Å². The van der Waals surface area contributed by atoms with E-state index < -0.39 is 6.10 Å². The molecule has 1 N–H and O–H groups in total. The largest absolute Gasteiger partial charge is 0.481 e. The van der Waals surface area contributed by atoms with Crippen molar-refractivity contribution in [2.75, 3.05) is 12.3 Å². The molecule has 2 rings (SSSR count). The van der Waals surface area contributed by atoms with Gasteiger partial charge in [-0.1, -0.05) is 41.9 Å². The average molecular weight is 350 g/mol. The smallest absolute Gasteiger partial charge is 0.260 e. The summed E-state index contributed by atoms with van der Waals surface area (Å²) >= 11 is 7.62. The van der Waals surface area contributed by atoms with Crippen molar-refractivity contribution >= 4 is 29.3 Å². The Balaban J connectivity index is 1.61. The minimum atomic E-state index is -0.501. The molecule has 0 aliphatic carbocycles. The Bertz CT molecular complexity index is 604. The van der Waals surface area contributed by atoms with Crippen LogP contribution in [0.25, 0.3) is 0 Å². The van der Waals surface area contributed by atoms with Crippen molar-refractivity contribution in [3.05, 3.63) is 65.2 Å². The molecule has 1 amide bonds. The van der Waals surface area contributed by atoms with Gasteiger partial charge in [-0.25, -0.2) is 0 Å². The third kappa shape index (κ3) is 6.55. The second-order valence-electron chi connectivity index (χ2n) is 5.04. The highest BCUT2D eigenvalue weighted by Crippen LogP contribution is 2.15. The summed E-state index contributed by atoms with van der Waals surface area (Å²) in [5, 5.41) is 3.64. The van der Waals surface area contributed by atoms with Gasteiger partial charge in [0.15, 0.2) is 6.10 Å². The van der Waals surface area contributed by atoms with Gasteiger partial charge >= 0.3 is 0 Å². The van der Waals surface area contributed by atoms with Gasteiger partial charge in [0.25, 0.3) is 5.91 Å². The van der Waals surface area contributed by atoms with E-state index >= 15 is 0 Å². The zero-order chi connectivity index (χ0) is 16.5. The number of thioether (sulfide) groups is 1. The molecule has 5 heteroatoms. The predicted octanol–water partition coefficient (Wildman–Crippen LogP) is 4.16. The molecule has 0 saturated heterocycles. The molecule has 0 aliphatic heterocycles. The lowest BCUT2D eigenvalue weighted by molar-refractivity contribution is -0.127. The quantitative estimate of drug-likeness (QED) is 0.727. The van der Waals surface area contributed by atoms with Crippen LogP contribution in [0.4, 0.5) is 0 Å². The van der Waals surface area contributed by atoms with Crippen molar-refractivity contribution < 1.29 is 9.53 Å². The van der Waals surface area contributed by atoms with Crippen LogP contribution in [0.5, 0.6) is 5.75 Å². The summed E-state index contributed by atoms with van der Waals surface area (Å²) in [5.74, 6) is 2.36. The van der Waals surface area contributed by atoms with Crippen LogP contribution in [-0.4, -0.2) is 24.3 Å². The first-order valence-electron chi connectivity index (χ1n) is 7.47. The summed E-state index contributed by atoms with van der Waals surface area (Å²) in [4.78, 5) is 12.0. The van der Waals surface area contributed by atoms with Crippen LogP contribution in [0, 0.1) is 0 Å². The van der Waals surface area contributed by atoms with Crippen LogP contribution >= 0.6 is 23.4 Å².